The van der Waals surface area contributed by atoms with E-state index in [2.05, 4.69) is 17.2 Å². The van der Waals surface area contributed by atoms with Gasteiger partial charge < -0.3 is 0 Å². The fourth-order valence-corrected chi connectivity index (χ4v) is 3.93. The van der Waals surface area contributed by atoms with Crippen LogP contribution in [0, 0.1) is 23.3 Å². The van der Waals surface area contributed by atoms with Gasteiger partial charge in [0.2, 0.25) is 0 Å². The number of halogens is 6. The van der Waals surface area contributed by atoms with Gasteiger partial charge in [0.25, 0.3) is 0 Å². The number of nitrogens with zero attached hydrogens (tertiary/aromatic N) is 1. The number of rotatable bonds is 6. The molecule has 0 aliphatic rings. The molecule has 1 nitrogen and oxygen atoms in total. The highest BCUT2D eigenvalue weighted by atomic mass is 32.1. The first kappa shape index (κ1) is 26.1. The summed E-state index contributed by atoms with van der Waals surface area (Å²) in [7, 11) is 0. The predicted molar refractivity (Wildman–Crippen MR) is 137 cm³/mol. The highest BCUT2D eigenvalue weighted by Crippen LogP contribution is 2.34. The standard InChI is InChI=1S/C29H17F6NS/c1-2-23(30)28(35)19-8-10-22(25(32)12-19)18-7-9-21(24(31)11-18)17-5-3-16(4-6-17)20-13-26(33)29(36-15-37)27(34)14-20/h3-14H,2H2,1H3. The lowest BCUT2D eigenvalue weighted by Crippen LogP contribution is -1.91. The van der Waals surface area contributed by atoms with Crippen LogP contribution in [0.1, 0.15) is 18.9 Å². The zero-order valence-electron chi connectivity index (χ0n) is 19.3. The normalized spacial score (nSPS) is 11.6. The molecule has 0 radical (unpaired) electrons. The molecule has 0 amide bonds. The summed E-state index contributed by atoms with van der Waals surface area (Å²) in [6, 6.07) is 16.0. The van der Waals surface area contributed by atoms with E-state index < -0.39 is 40.6 Å². The largest absolute Gasteiger partial charge is 0.209 e. The SMILES string of the molecule is CCC(F)=C(F)c1ccc(-c2ccc(-c3ccc(-c4cc(F)c(N=C=S)c(F)c4)cc3)c(F)c2)c(F)c1. The van der Waals surface area contributed by atoms with Gasteiger partial charge in [-0.3, -0.25) is 0 Å². The Kier molecular flexibility index (Phi) is 7.71. The van der Waals surface area contributed by atoms with Crippen molar-refractivity contribution in [3.63, 3.8) is 0 Å². The Balaban J connectivity index is 1.62. The van der Waals surface area contributed by atoms with E-state index in [9.17, 15) is 26.3 Å². The number of allylic oxidation sites excluding steroid dienone is 1. The molecule has 0 spiro atoms. The van der Waals surface area contributed by atoms with E-state index in [4.69, 9.17) is 0 Å². The number of hydrogen-bond donors (Lipinski definition) is 0. The third-order valence-electron chi connectivity index (χ3n) is 5.75. The molecule has 0 unspecified atom stereocenters. The molecule has 0 atom stereocenters. The first-order chi connectivity index (χ1) is 17.7. The summed E-state index contributed by atoms with van der Waals surface area (Å²) >= 11 is 4.39. The topological polar surface area (TPSA) is 12.4 Å². The molecule has 8 heteroatoms. The molecule has 4 aromatic carbocycles. The van der Waals surface area contributed by atoms with E-state index in [0.29, 0.717) is 11.1 Å². The third kappa shape index (κ3) is 5.40. The van der Waals surface area contributed by atoms with Gasteiger partial charge in [0.1, 0.15) is 23.1 Å². The maximum absolute atomic E-state index is 15.0. The van der Waals surface area contributed by atoms with E-state index in [1.807, 2.05) is 5.16 Å². The molecule has 4 rings (SSSR count). The van der Waals surface area contributed by atoms with Gasteiger partial charge in [0, 0.05) is 16.7 Å². The zero-order chi connectivity index (χ0) is 26.7. The van der Waals surface area contributed by atoms with Gasteiger partial charge >= 0.3 is 0 Å². The van der Waals surface area contributed by atoms with Crippen LogP contribution in [0.5, 0.6) is 0 Å². The number of thiocarbonyl (C=S) groups is 1. The average molecular weight is 526 g/mol. The zero-order valence-corrected chi connectivity index (χ0v) is 20.1. The summed E-state index contributed by atoms with van der Waals surface area (Å²) in [5.74, 6) is -5.38. The molecule has 0 saturated heterocycles. The Morgan fingerprint density at radius 1 is 0.676 bits per heavy atom. The fourth-order valence-electron chi connectivity index (χ4n) is 3.84. The average Bonchev–Trinajstić information content (AvgIpc) is 2.89. The first-order valence-electron chi connectivity index (χ1n) is 11.0. The van der Waals surface area contributed by atoms with Crippen LogP contribution in [0.25, 0.3) is 39.2 Å². The van der Waals surface area contributed by atoms with E-state index in [1.165, 1.54) is 31.2 Å². The van der Waals surface area contributed by atoms with Crippen molar-refractivity contribution in [1.29, 1.82) is 0 Å². The Labute approximate surface area is 214 Å². The summed E-state index contributed by atoms with van der Waals surface area (Å²) < 4.78 is 85.5. The van der Waals surface area contributed by atoms with Gasteiger partial charge in [-0.05, 0) is 65.2 Å². The van der Waals surface area contributed by atoms with Gasteiger partial charge in [-0.2, -0.15) is 4.99 Å². The summed E-state index contributed by atoms with van der Waals surface area (Å²) in [6.07, 6.45) is -0.160. The molecule has 0 N–H and O–H groups in total. The first-order valence-corrected chi connectivity index (χ1v) is 11.5. The smallest absolute Gasteiger partial charge is 0.161 e. The monoisotopic (exact) mass is 525 g/mol. The summed E-state index contributed by atoms with van der Waals surface area (Å²) in [6.45, 7) is 1.44. The molecule has 0 heterocycles. The van der Waals surface area contributed by atoms with E-state index in [1.54, 1.807) is 24.3 Å². The van der Waals surface area contributed by atoms with Crippen molar-refractivity contribution in [2.24, 2.45) is 4.99 Å². The van der Waals surface area contributed by atoms with Crippen LogP contribution in [-0.4, -0.2) is 5.16 Å². The van der Waals surface area contributed by atoms with Gasteiger partial charge in [0.15, 0.2) is 17.5 Å². The number of aliphatic imine (C=N–C) groups is 1. The second-order valence-electron chi connectivity index (χ2n) is 8.03. The van der Waals surface area contributed by atoms with Crippen molar-refractivity contribution >= 4 is 28.9 Å². The second-order valence-corrected chi connectivity index (χ2v) is 8.21. The molecule has 0 bridgehead atoms. The van der Waals surface area contributed by atoms with Crippen LogP contribution < -0.4 is 0 Å². The predicted octanol–water partition coefficient (Wildman–Crippen LogP) is 10.00. The lowest BCUT2D eigenvalue weighted by molar-refractivity contribution is 0.575. The second kappa shape index (κ2) is 10.9. The Bertz CT molecular complexity index is 1550. The number of isothiocyanates is 1. The van der Waals surface area contributed by atoms with Crippen molar-refractivity contribution in [3.8, 4) is 33.4 Å². The fraction of sp³-hybridized carbons (Fsp3) is 0.0690. The summed E-state index contributed by atoms with van der Waals surface area (Å²) in [4.78, 5) is 3.38. The van der Waals surface area contributed by atoms with Crippen LogP contribution in [0.3, 0.4) is 0 Å². The van der Waals surface area contributed by atoms with Crippen molar-refractivity contribution in [2.75, 3.05) is 0 Å². The minimum Gasteiger partial charge on any atom is -0.209 e. The number of benzene rings is 4. The summed E-state index contributed by atoms with van der Waals surface area (Å²) in [5, 5.41) is 1.93. The van der Waals surface area contributed by atoms with Gasteiger partial charge in [-0.25, -0.2) is 26.3 Å². The quantitative estimate of drug-likeness (QED) is 0.139. The van der Waals surface area contributed by atoms with E-state index >= 15 is 0 Å². The van der Waals surface area contributed by atoms with Gasteiger partial charge in [-0.15, -0.1) is 0 Å². The molecule has 0 saturated carbocycles. The van der Waals surface area contributed by atoms with Crippen molar-refractivity contribution in [3.05, 3.63) is 107 Å². The molecule has 4 aromatic rings. The highest BCUT2D eigenvalue weighted by molar-refractivity contribution is 7.78. The lowest BCUT2D eigenvalue weighted by Gasteiger charge is -2.10. The molecule has 37 heavy (non-hydrogen) atoms. The highest BCUT2D eigenvalue weighted by Gasteiger charge is 2.15. The van der Waals surface area contributed by atoms with E-state index in [0.717, 1.165) is 24.3 Å². The Morgan fingerprint density at radius 3 is 1.76 bits per heavy atom. The van der Waals surface area contributed by atoms with Crippen LogP contribution >= 0.6 is 12.2 Å². The van der Waals surface area contributed by atoms with E-state index in [-0.39, 0.29) is 34.2 Å². The molecule has 0 fully saturated rings. The molecule has 0 aromatic heterocycles. The van der Waals surface area contributed by atoms with Crippen LogP contribution in [0.4, 0.5) is 32.0 Å². The van der Waals surface area contributed by atoms with Crippen LogP contribution in [-0.2, 0) is 0 Å². The third-order valence-corrected chi connectivity index (χ3v) is 5.85. The molecular weight excluding hydrogens is 508 g/mol. The van der Waals surface area contributed by atoms with Gasteiger partial charge in [0.05, 0.1) is 5.16 Å². The van der Waals surface area contributed by atoms with Crippen molar-refractivity contribution in [1.82, 2.24) is 0 Å². The summed E-state index contributed by atoms with van der Waals surface area (Å²) in [5.41, 5.74) is 0.913. The molecule has 186 valence electrons. The molecule has 0 aliphatic heterocycles. The van der Waals surface area contributed by atoms with Gasteiger partial charge in [-0.1, -0.05) is 55.5 Å². The molecular formula is C29H17F6NS. The van der Waals surface area contributed by atoms with Crippen LogP contribution in [0.15, 0.2) is 83.6 Å². The maximum atomic E-state index is 15.0. The maximum Gasteiger partial charge on any atom is 0.161 e. The minimum atomic E-state index is -1.14. The van der Waals surface area contributed by atoms with Crippen molar-refractivity contribution < 1.29 is 26.3 Å². The minimum absolute atomic E-state index is 0.0275. The Hall–Kier alpha value is -4.00. The van der Waals surface area contributed by atoms with Crippen molar-refractivity contribution in [2.45, 2.75) is 13.3 Å². The molecule has 0 aliphatic carbocycles. The Morgan fingerprint density at radius 2 is 1.19 bits per heavy atom. The number of hydrogen-bond acceptors (Lipinski definition) is 2. The van der Waals surface area contributed by atoms with Crippen LogP contribution in [0.2, 0.25) is 0 Å². The lowest BCUT2D eigenvalue weighted by atomic mass is 9.96.